The van der Waals surface area contributed by atoms with Gasteiger partial charge in [-0.05, 0) is 70.1 Å². The van der Waals surface area contributed by atoms with Gasteiger partial charge in [0.15, 0.2) is 16.6 Å². The maximum atomic E-state index is 6.64. The van der Waals surface area contributed by atoms with Crippen LogP contribution in [0.1, 0.15) is 58.2 Å². The van der Waals surface area contributed by atoms with Crippen LogP contribution in [-0.4, -0.2) is 16.6 Å². The summed E-state index contributed by atoms with van der Waals surface area (Å²) in [6.07, 6.45) is 1.93. The molecule has 2 nitrogen and oxygen atoms in total. The van der Waals surface area contributed by atoms with Crippen LogP contribution < -0.4 is 0 Å². The first-order valence-corrected chi connectivity index (χ1v) is 17.5. The highest BCUT2D eigenvalue weighted by Gasteiger charge is 2.38. The first kappa shape index (κ1) is 26.8. The number of hydrogen-bond acceptors (Lipinski definition) is 2. The molecular weight excluding hydrogens is 424 g/mol. The van der Waals surface area contributed by atoms with Gasteiger partial charge in [0.05, 0.1) is 13.2 Å². The van der Waals surface area contributed by atoms with Gasteiger partial charge in [-0.3, -0.25) is 0 Å². The maximum Gasteiger partial charge on any atom is 0.192 e. The van der Waals surface area contributed by atoms with E-state index in [-0.39, 0.29) is 10.1 Å². The quantitative estimate of drug-likeness (QED) is 0.360. The normalized spacial score (nSPS) is 13.3. The lowest BCUT2D eigenvalue weighted by Gasteiger charge is -2.37. The van der Waals surface area contributed by atoms with Crippen molar-refractivity contribution in [2.45, 2.75) is 91.0 Å². The Bertz CT molecular complexity index is 931. The lowest BCUT2D eigenvalue weighted by atomic mass is 9.96. The Labute approximate surface area is 199 Å². The Morgan fingerprint density at radius 1 is 0.750 bits per heavy atom. The lowest BCUT2D eigenvalue weighted by molar-refractivity contribution is 0.257. The largest absolute Gasteiger partial charge is 0.413 e. The molecule has 0 saturated heterocycles. The molecule has 0 atom stereocenters. The molecule has 0 aliphatic heterocycles. The van der Waals surface area contributed by atoms with Gasteiger partial charge in [0, 0.05) is 0 Å². The Morgan fingerprint density at radius 2 is 1.25 bits per heavy atom. The van der Waals surface area contributed by atoms with E-state index in [2.05, 4.69) is 117 Å². The minimum Gasteiger partial charge on any atom is -0.413 e. The third-order valence-electron chi connectivity index (χ3n) is 7.49. The van der Waals surface area contributed by atoms with Gasteiger partial charge in [-0.1, -0.05) is 90.6 Å². The second-order valence-corrected chi connectivity index (χ2v) is 21.5. The zero-order chi connectivity index (χ0) is 24.4. The molecule has 0 aliphatic carbocycles. The third kappa shape index (κ3) is 6.31. The van der Waals surface area contributed by atoms with E-state index < -0.39 is 16.6 Å². The summed E-state index contributed by atoms with van der Waals surface area (Å²) in [7, 11) is -3.70. The van der Waals surface area contributed by atoms with E-state index in [9.17, 15) is 0 Å². The Kier molecular flexibility index (Phi) is 8.20. The second-order valence-electron chi connectivity index (χ2n) is 11.9. The van der Waals surface area contributed by atoms with Crippen LogP contribution in [0.25, 0.3) is 17.2 Å². The van der Waals surface area contributed by atoms with Crippen molar-refractivity contribution in [2.75, 3.05) is 0 Å². The highest BCUT2D eigenvalue weighted by molar-refractivity contribution is 6.74. The molecule has 0 bridgehead atoms. The fraction of sp³-hybridized carbons (Fsp3) is 0.500. The molecule has 0 heterocycles. The number of benzene rings is 2. The Morgan fingerprint density at radius 3 is 1.75 bits per heavy atom. The first-order valence-electron chi connectivity index (χ1n) is 11.7. The van der Waals surface area contributed by atoms with Crippen LogP contribution in [0, 0.1) is 0 Å². The van der Waals surface area contributed by atoms with Gasteiger partial charge in [0.1, 0.15) is 0 Å². The summed E-state index contributed by atoms with van der Waals surface area (Å²) in [5, 5.41) is 0.367. The van der Waals surface area contributed by atoms with Crippen molar-refractivity contribution in [3.63, 3.8) is 0 Å². The van der Waals surface area contributed by atoms with E-state index in [1.54, 1.807) is 0 Å². The molecule has 4 heteroatoms. The van der Waals surface area contributed by atoms with Crippen LogP contribution in [0.4, 0.5) is 0 Å². The van der Waals surface area contributed by atoms with Crippen molar-refractivity contribution in [3.05, 3.63) is 65.7 Å². The fourth-order valence-corrected chi connectivity index (χ4v) is 4.85. The van der Waals surface area contributed by atoms with Crippen LogP contribution in [0.5, 0.6) is 0 Å². The van der Waals surface area contributed by atoms with Crippen molar-refractivity contribution in [3.8, 4) is 11.1 Å². The molecule has 0 aromatic heterocycles. The van der Waals surface area contributed by atoms with Crippen LogP contribution in [0.2, 0.25) is 36.3 Å². The van der Waals surface area contributed by atoms with Crippen molar-refractivity contribution >= 4 is 22.7 Å². The summed E-state index contributed by atoms with van der Waals surface area (Å²) >= 11 is 0. The number of hydrogen-bond donors (Lipinski definition) is 0. The zero-order valence-electron chi connectivity index (χ0n) is 22.1. The molecular formula is C28H44O2Si2. The van der Waals surface area contributed by atoms with Gasteiger partial charge >= 0.3 is 0 Å². The first-order chi connectivity index (χ1) is 14.6. The minimum atomic E-state index is -1.86. The van der Waals surface area contributed by atoms with Crippen LogP contribution >= 0.6 is 0 Å². The molecule has 2 aromatic rings. The van der Waals surface area contributed by atoms with Gasteiger partial charge in [-0.15, -0.1) is 0 Å². The highest BCUT2D eigenvalue weighted by Crippen LogP contribution is 2.39. The molecule has 0 amide bonds. The van der Waals surface area contributed by atoms with E-state index in [0.717, 1.165) is 5.56 Å². The molecule has 0 N–H and O–H groups in total. The summed E-state index contributed by atoms with van der Waals surface area (Å²) in [6.45, 7) is 28.2. The Hall–Kier alpha value is -1.47. The summed E-state index contributed by atoms with van der Waals surface area (Å²) in [4.78, 5) is 0. The van der Waals surface area contributed by atoms with Gasteiger partial charge in [-0.25, -0.2) is 0 Å². The SMILES string of the molecule is C=Cc1ccccc1-c1ccc(CO[Si](C)(C)C(C)(C)C)c(CO[Si](C)(C)C(C)(C)C)c1. The summed E-state index contributed by atoms with van der Waals surface area (Å²) in [6, 6.07) is 15.2. The third-order valence-corrected chi connectivity index (χ3v) is 16.4. The molecule has 0 saturated carbocycles. The average molecular weight is 469 g/mol. The van der Waals surface area contributed by atoms with E-state index >= 15 is 0 Å². The predicted octanol–water partition coefficient (Wildman–Crippen LogP) is 9.04. The molecule has 32 heavy (non-hydrogen) atoms. The van der Waals surface area contributed by atoms with Crippen LogP contribution in [0.3, 0.4) is 0 Å². The van der Waals surface area contributed by atoms with E-state index in [4.69, 9.17) is 8.85 Å². The molecule has 2 aromatic carbocycles. The lowest BCUT2D eigenvalue weighted by Crippen LogP contribution is -2.41. The Balaban J connectivity index is 2.43. The summed E-state index contributed by atoms with van der Waals surface area (Å²) in [5.74, 6) is 0. The molecule has 176 valence electrons. The van der Waals surface area contributed by atoms with E-state index in [1.165, 1.54) is 22.3 Å². The van der Waals surface area contributed by atoms with Crippen LogP contribution in [0.15, 0.2) is 49.0 Å². The minimum absolute atomic E-state index is 0.178. The fourth-order valence-electron chi connectivity index (χ4n) is 2.96. The molecule has 0 radical (unpaired) electrons. The monoisotopic (exact) mass is 468 g/mol. The van der Waals surface area contributed by atoms with Crippen molar-refractivity contribution in [1.82, 2.24) is 0 Å². The van der Waals surface area contributed by atoms with Crippen LogP contribution in [-0.2, 0) is 22.1 Å². The molecule has 0 unspecified atom stereocenters. The molecule has 2 rings (SSSR count). The zero-order valence-corrected chi connectivity index (χ0v) is 24.1. The average Bonchev–Trinajstić information content (AvgIpc) is 2.69. The van der Waals surface area contributed by atoms with E-state index in [0.29, 0.717) is 13.2 Å². The second kappa shape index (κ2) is 9.80. The number of rotatable bonds is 8. The van der Waals surface area contributed by atoms with Crippen molar-refractivity contribution in [1.29, 1.82) is 0 Å². The molecule has 0 aliphatic rings. The van der Waals surface area contributed by atoms with Crippen molar-refractivity contribution < 1.29 is 8.85 Å². The standard InChI is InChI=1S/C28H44O2Si2/c1-12-22-15-13-14-16-26(22)23-17-18-24(20-29-31(8,9)27(2,3)4)25(19-23)21-30-32(10,11)28(5,6)7/h12-19H,1,20-21H2,2-11H3. The van der Waals surface area contributed by atoms with Gasteiger partial charge in [0.25, 0.3) is 0 Å². The highest BCUT2D eigenvalue weighted by atomic mass is 28.4. The maximum absolute atomic E-state index is 6.64. The smallest absolute Gasteiger partial charge is 0.192 e. The van der Waals surface area contributed by atoms with Gasteiger partial charge in [0.2, 0.25) is 0 Å². The molecule has 0 fully saturated rings. The summed E-state index contributed by atoms with van der Waals surface area (Å²) < 4.78 is 13.2. The van der Waals surface area contributed by atoms with E-state index in [1.807, 2.05) is 6.08 Å². The van der Waals surface area contributed by atoms with Gasteiger partial charge < -0.3 is 8.85 Å². The van der Waals surface area contributed by atoms with Crippen molar-refractivity contribution in [2.24, 2.45) is 0 Å². The molecule has 0 spiro atoms. The predicted molar refractivity (Wildman–Crippen MR) is 146 cm³/mol. The summed E-state index contributed by atoms with van der Waals surface area (Å²) in [5.41, 5.74) is 6.01. The topological polar surface area (TPSA) is 18.5 Å². The van der Waals surface area contributed by atoms with Gasteiger partial charge in [-0.2, -0.15) is 0 Å².